The second-order valence-electron chi connectivity index (χ2n) is 6.18. The van der Waals surface area contributed by atoms with Gasteiger partial charge in [-0.15, -0.1) is 0 Å². The Hall–Kier alpha value is -2.96. The molecule has 3 aromatic rings. The number of nitrogens with one attached hydrogen (secondary N) is 2. The summed E-state index contributed by atoms with van der Waals surface area (Å²) in [5.74, 6) is 0.168. The fourth-order valence-electron chi connectivity index (χ4n) is 2.72. The number of anilines is 2. The highest BCUT2D eigenvalue weighted by atomic mass is 16.3. The van der Waals surface area contributed by atoms with Crippen LogP contribution in [-0.2, 0) is 6.42 Å². The molecule has 0 saturated heterocycles. The van der Waals surface area contributed by atoms with Crippen LogP contribution in [0.5, 0.6) is 5.88 Å². The summed E-state index contributed by atoms with van der Waals surface area (Å²) in [5.41, 5.74) is 3.89. The SMILES string of the molecule is CCCc1c(O)nc(Nc2nc(C)c3cc(C)c(C)cc3n2)[nH]c1=O. The minimum Gasteiger partial charge on any atom is -0.493 e. The number of benzene rings is 1. The van der Waals surface area contributed by atoms with Crippen LogP contribution in [0.4, 0.5) is 11.9 Å². The molecule has 7 heteroatoms. The first-order valence-electron chi connectivity index (χ1n) is 8.23. The summed E-state index contributed by atoms with van der Waals surface area (Å²) in [6.07, 6.45) is 1.22. The minimum atomic E-state index is -0.360. The van der Waals surface area contributed by atoms with Gasteiger partial charge in [-0.05, 0) is 50.5 Å². The first kappa shape index (κ1) is 16.9. The summed E-state index contributed by atoms with van der Waals surface area (Å²) < 4.78 is 0. The summed E-state index contributed by atoms with van der Waals surface area (Å²) in [4.78, 5) is 27.6. The van der Waals surface area contributed by atoms with Crippen molar-refractivity contribution in [2.24, 2.45) is 0 Å². The van der Waals surface area contributed by atoms with E-state index in [-0.39, 0.29) is 23.0 Å². The molecule has 0 bridgehead atoms. The van der Waals surface area contributed by atoms with Crippen LogP contribution < -0.4 is 10.9 Å². The highest BCUT2D eigenvalue weighted by Crippen LogP contribution is 2.22. The average Bonchev–Trinajstić information content (AvgIpc) is 2.53. The van der Waals surface area contributed by atoms with Gasteiger partial charge in [-0.3, -0.25) is 15.1 Å². The standard InChI is InChI=1S/C18H21N5O2/c1-5-6-12-15(24)21-18(22-16(12)25)23-17-19-11(4)13-7-9(2)10(3)8-14(13)20-17/h7-8H,5-6H2,1-4H3,(H3,19,20,21,22,23,24,25). The van der Waals surface area contributed by atoms with Crippen molar-refractivity contribution in [3.05, 3.63) is 44.9 Å². The number of H-pyrrole nitrogens is 1. The molecular formula is C18H21N5O2. The Balaban J connectivity index is 2.01. The zero-order chi connectivity index (χ0) is 18.1. The van der Waals surface area contributed by atoms with Crippen LogP contribution in [0.25, 0.3) is 10.9 Å². The molecule has 0 fully saturated rings. The summed E-state index contributed by atoms with van der Waals surface area (Å²) in [6, 6.07) is 4.07. The van der Waals surface area contributed by atoms with Gasteiger partial charge in [0.05, 0.1) is 16.8 Å². The van der Waals surface area contributed by atoms with Gasteiger partial charge in [0, 0.05) is 5.39 Å². The molecule has 3 N–H and O–H groups in total. The van der Waals surface area contributed by atoms with Crippen LogP contribution in [0.3, 0.4) is 0 Å². The lowest BCUT2D eigenvalue weighted by Gasteiger charge is -2.10. The monoisotopic (exact) mass is 339 g/mol. The van der Waals surface area contributed by atoms with Crippen LogP contribution in [0.2, 0.25) is 0 Å². The van der Waals surface area contributed by atoms with Crippen molar-refractivity contribution in [3.8, 4) is 5.88 Å². The summed E-state index contributed by atoms with van der Waals surface area (Å²) in [7, 11) is 0. The molecule has 0 atom stereocenters. The maximum absolute atomic E-state index is 12.1. The van der Waals surface area contributed by atoms with Gasteiger partial charge in [-0.2, -0.15) is 4.98 Å². The molecule has 25 heavy (non-hydrogen) atoms. The highest BCUT2D eigenvalue weighted by molar-refractivity contribution is 5.83. The van der Waals surface area contributed by atoms with Gasteiger partial charge in [0.25, 0.3) is 5.56 Å². The van der Waals surface area contributed by atoms with Gasteiger partial charge in [0.1, 0.15) is 0 Å². The molecule has 0 amide bonds. The minimum absolute atomic E-state index is 0.116. The highest BCUT2D eigenvalue weighted by Gasteiger charge is 2.12. The van der Waals surface area contributed by atoms with E-state index in [4.69, 9.17) is 0 Å². The molecule has 0 radical (unpaired) electrons. The quantitative estimate of drug-likeness (QED) is 0.675. The van der Waals surface area contributed by atoms with Crippen LogP contribution in [0.15, 0.2) is 16.9 Å². The summed E-state index contributed by atoms with van der Waals surface area (Å²) in [5, 5.41) is 13.8. The molecule has 1 aromatic carbocycles. The number of hydrogen-bond donors (Lipinski definition) is 3. The van der Waals surface area contributed by atoms with Gasteiger partial charge in [-0.1, -0.05) is 13.3 Å². The largest absolute Gasteiger partial charge is 0.493 e. The molecule has 0 aliphatic rings. The molecule has 0 spiro atoms. The van der Waals surface area contributed by atoms with E-state index in [9.17, 15) is 9.90 Å². The zero-order valence-corrected chi connectivity index (χ0v) is 14.8. The third-order valence-corrected chi connectivity index (χ3v) is 4.23. The second-order valence-corrected chi connectivity index (χ2v) is 6.18. The van der Waals surface area contributed by atoms with Crippen molar-refractivity contribution in [2.75, 3.05) is 5.32 Å². The topological polar surface area (TPSA) is 104 Å². The van der Waals surface area contributed by atoms with Crippen molar-refractivity contribution >= 4 is 22.8 Å². The summed E-state index contributed by atoms with van der Waals surface area (Å²) in [6.45, 7) is 7.92. The lowest BCUT2D eigenvalue weighted by Crippen LogP contribution is -2.16. The van der Waals surface area contributed by atoms with Crippen molar-refractivity contribution < 1.29 is 5.11 Å². The Morgan fingerprint density at radius 3 is 2.52 bits per heavy atom. The molecule has 130 valence electrons. The summed E-state index contributed by atoms with van der Waals surface area (Å²) >= 11 is 0. The van der Waals surface area contributed by atoms with Gasteiger partial charge in [-0.25, -0.2) is 9.97 Å². The maximum atomic E-state index is 12.1. The van der Waals surface area contributed by atoms with E-state index in [1.165, 1.54) is 5.56 Å². The van der Waals surface area contributed by atoms with Gasteiger partial charge < -0.3 is 5.11 Å². The van der Waals surface area contributed by atoms with Crippen molar-refractivity contribution in [2.45, 2.75) is 40.5 Å². The lowest BCUT2D eigenvalue weighted by molar-refractivity contribution is 0.443. The maximum Gasteiger partial charge on any atom is 0.259 e. The van der Waals surface area contributed by atoms with Crippen LogP contribution in [0.1, 0.15) is 35.7 Å². The number of rotatable bonds is 4. The van der Waals surface area contributed by atoms with E-state index in [0.29, 0.717) is 12.4 Å². The van der Waals surface area contributed by atoms with Crippen LogP contribution in [-0.4, -0.2) is 25.0 Å². The fourth-order valence-corrected chi connectivity index (χ4v) is 2.72. The van der Waals surface area contributed by atoms with Gasteiger partial charge in [0.15, 0.2) is 0 Å². The van der Waals surface area contributed by atoms with E-state index in [0.717, 1.165) is 28.6 Å². The molecule has 2 aromatic heterocycles. The Labute approximate surface area is 145 Å². The zero-order valence-electron chi connectivity index (χ0n) is 14.8. The predicted octanol–water partition coefficient (Wildman–Crippen LogP) is 3.04. The number of aromatic nitrogens is 4. The molecule has 0 saturated carbocycles. The Bertz CT molecular complexity index is 1010. The van der Waals surface area contributed by atoms with Gasteiger partial charge >= 0.3 is 0 Å². The van der Waals surface area contributed by atoms with Crippen molar-refractivity contribution in [1.82, 2.24) is 19.9 Å². The van der Waals surface area contributed by atoms with Crippen LogP contribution in [0, 0.1) is 20.8 Å². The molecule has 2 heterocycles. The Morgan fingerprint density at radius 1 is 1.12 bits per heavy atom. The number of hydrogen-bond acceptors (Lipinski definition) is 6. The van der Waals surface area contributed by atoms with E-state index >= 15 is 0 Å². The van der Waals surface area contributed by atoms with Crippen LogP contribution >= 0.6 is 0 Å². The molecule has 0 aliphatic carbocycles. The average molecular weight is 339 g/mol. The number of aryl methyl sites for hydroxylation is 3. The number of fused-ring (bicyclic) bond motifs is 1. The van der Waals surface area contributed by atoms with E-state index in [1.54, 1.807) is 0 Å². The van der Waals surface area contributed by atoms with Gasteiger partial charge in [0.2, 0.25) is 17.8 Å². The first-order valence-corrected chi connectivity index (χ1v) is 8.23. The molecular weight excluding hydrogens is 318 g/mol. The third-order valence-electron chi connectivity index (χ3n) is 4.23. The number of nitrogens with zero attached hydrogens (tertiary/aromatic N) is 3. The molecule has 7 nitrogen and oxygen atoms in total. The Morgan fingerprint density at radius 2 is 1.84 bits per heavy atom. The second kappa shape index (κ2) is 6.51. The number of aromatic amines is 1. The fraction of sp³-hybridized carbons (Fsp3) is 0.333. The smallest absolute Gasteiger partial charge is 0.259 e. The first-order chi connectivity index (χ1) is 11.9. The Kier molecular flexibility index (Phi) is 4.39. The van der Waals surface area contributed by atoms with E-state index in [2.05, 4.69) is 38.2 Å². The third kappa shape index (κ3) is 3.31. The predicted molar refractivity (Wildman–Crippen MR) is 97.5 cm³/mol. The van der Waals surface area contributed by atoms with E-state index < -0.39 is 0 Å². The lowest BCUT2D eigenvalue weighted by atomic mass is 10.1. The molecule has 0 unspecified atom stereocenters. The normalized spacial score (nSPS) is 11.0. The van der Waals surface area contributed by atoms with Crippen molar-refractivity contribution in [1.29, 1.82) is 0 Å². The van der Waals surface area contributed by atoms with Crippen molar-refractivity contribution in [3.63, 3.8) is 0 Å². The number of aromatic hydroxyl groups is 1. The molecule has 3 rings (SSSR count). The molecule has 0 aliphatic heterocycles. The van der Waals surface area contributed by atoms with E-state index in [1.807, 2.05) is 26.8 Å².